The molecule has 1 aromatic heterocycles. The number of nitrogens with zero attached hydrogens (tertiary/aromatic N) is 4. The SMILES string of the molecule is C[C@@H]1C2=NN(C)C(C3=CC(C4(NS(C)(=O)=O)CC4)=CC(Cl)C3)C2CCN1C(=O)c1cc(F)cc(-c2c[nH]c(C#N)c2)c1Cl. The van der Waals surface area contributed by atoms with E-state index in [-0.39, 0.29) is 34.0 Å². The number of nitrogens with one attached hydrogen (secondary N) is 2. The van der Waals surface area contributed by atoms with Crippen LogP contribution in [-0.4, -0.2) is 77.8 Å². The molecule has 0 bridgehead atoms. The van der Waals surface area contributed by atoms with Gasteiger partial charge in [-0.2, -0.15) is 10.4 Å². The molecular weight excluding hydrogens is 614 g/mol. The van der Waals surface area contributed by atoms with E-state index < -0.39 is 27.3 Å². The molecule has 0 radical (unpaired) electrons. The fourth-order valence-corrected chi connectivity index (χ4v) is 8.43. The molecule has 2 aromatic rings. The van der Waals surface area contributed by atoms with Crippen LogP contribution < -0.4 is 4.72 Å². The molecule has 2 N–H and O–H groups in total. The van der Waals surface area contributed by atoms with Gasteiger partial charge in [0, 0.05) is 36.8 Å². The number of nitriles is 1. The van der Waals surface area contributed by atoms with Crippen molar-refractivity contribution in [3.05, 3.63) is 69.8 Å². The van der Waals surface area contributed by atoms with E-state index in [1.165, 1.54) is 12.3 Å². The molecule has 1 amide bonds. The predicted octanol–water partition coefficient (Wildman–Crippen LogP) is 4.81. The smallest absolute Gasteiger partial charge is 0.256 e. The number of benzene rings is 1. The Bertz CT molecular complexity index is 1760. The highest BCUT2D eigenvalue weighted by Gasteiger charge is 2.50. The van der Waals surface area contributed by atoms with Crippen LogP contribution in [0.4, 0.5) is 4.39 Å². The highest BCUT2D eigenvalue weighted by molar-refractivity contribution is 7.88. The summed E-state index contributed by atoms with van der Waals surface area (Å²) in [6.45, 7) is 2.33. The molecule has 1 saturated heterocycles. The van der Waals surface area contributed by atoms with Gasteiger partial charge in [-0.3, -0.25) is 9.80 Å². The third-order valence-corrected chi connectivity index (χ3v) is 10.3. The van der Waals surface area contributed by atoms with Gasteiger partial charge in [-0.25, -0.2) is 17.5 Å². The predicted molar refractivity (Wildman–Crippen MR) is 164 cm³/mol. The Hall–Kier alpha value is -3.17. The second kappa shape index (κ2) is 10.8. The minimum absolute atomic E-state index is 0.0272. The van der Waals surface area contributed by atoms with Crippen LogP contribution in [0.1, 0.15) is 48.7 Å². The van der Waals surface area contributed by atoms with E-state index >= 15 is 0 Å². The molecule has 4 aliphatic rings. The fraction of sp³-hybridized carbons (Fsp3) is 0.433. The zero-order chi connectivity index (χ0) is 30.8. The van der Waals surface area contributed by atoms with Crippen molar-refractivity contribution in [2.24, 2.45) is 11.0 Å². The van der Waals surface area contributed by atoms with Crippen LogP contribution >= 0.6 is 23.2 Å². The standard InChI is InChI=1S/C30H31Cl2FN6O3S/c1-16-27-23(28(38(2)36-27)17-8-19(11-20(31)9-17)30(5-6-30)37-43(3,41)42)4-7-39(16)29(40)25-13-21(33)12-24(26(25)32)18-10-22(14-34)35-15-18/h8,10-13,15-16,20,23,28,35,37H,4-7,9H2,1-3H3/t16-,20?,23?,28?/m1/s1. The molecule has 226 valence electrons. The van der Waals surface area contributed by atoms with Gasteiger partial charge >= 0.3 is 0 Å². The van der Waals surface area contributed by atoms with E-state index in [1.54, 1.807) is 17.2 Å². The van der Waals surface area contributed by atoms with Crippen LogP contribution in [0.5, 0.6) is 0 Å². The Labute approximate surface area is 260 Å². The number of aromatic nitrogens is 1. The molecule has 2 aliphatic heterocycles. The number of likely N-dealkylation sites (N-methyl/N-ethyl adjacent to an activating group) is 1. The van der Waals surface area contributed by atoms with Crippen molar-refractivity contribution in [3.8, 4) is 17.2 Å². The van der Waals surface area contributed by atoms with E-state index in [9.17, 15) is 17.6 Å². The maximum Gasteiger partial charge on any atom is 0.256 e. The number of sulfonamides is 1. The average molecular weight is 646 g/mol. The number of rotatable bonds is 6. The van der Waals surface area contributed by atoms with Crippen molar-refractivity contribution in [1.29, 1.82) is 5.26 Å². The van der Waals surface area contributed by atoms with Gasteiger partial charge in [-0.1, -0.05) is 23.8 Å². The van der Waals surface area contributed by atoms with Gasteiger partial charge in [0.05, 0.1) is 45.6 Å². The highest BCUT2D eigenvalue weighted by Crippen LogP contribution is 2.47. The summed E-state index contributed by atoms with van der Waals surface area (Å²) in [5, 5.41) is 15.8. The van der Waals surface area contributed by atoms with Crippen molar-refractivity contribution in [2.45, 2.75) is 55.6 Å². The lowest BCUT2D eigenvalue weighted by atomic mass is 9.78. The first-order valence-electron chi connectivity index (χ1n) is 14.1. The van der Waals surface area contributed by atoms with E-state index in [0.717, 1.165) is 22.9 Å². The largest absolute Gasteiger partial charge is 0.352 e. The summed E-state index contributed by atoms with van der Waals surface area (Å²) in [5.74, 6) is -0.975. The minimum atomic E-state index is -3.40. The summed E-state index contributed by atoms with van der Waals surface area (Å²) >= 11 is 13.4. The van der Waals surface area contributed by atoms with Crippen molar-refractivity contribution in [2.75, 3.05) is 19.8 Å². The number of carbonyl (C=O) groups excluding carboxylic acids is 1. The number of aromatic amines is 1. The number of alkyl halides is 1. The van der Waals surface area contributed by atoms with Crippen LogP contribution in [0.2, 0.25) is 5.02 Å². The molecule has 9 nitrogen and oxygen atoms in total. The zero-order valence-corrected chi connectivity index (χ0v) is 26.2. The molecule has 1 aromatic carbocycles. The fourth-order valence-electron chi connectivity index (χ4n) is 6.79. The molecule has 0 spiro atoms. The van der Waals surface area contributed by atoms with Crippen LogP contribution in [0.25, 0.3) is 11.1 Å². The van der Waals surface area contributed by atoms with Crippen molar-refractivity contribution >= 4 is 44.8 Å². The van der Waals surface area contributed by atoms with E-state index in [4.69, 9.17) is 33.6 Å². The molecule has 4 atom stereocenters. The lowest BCUT2D eigenvalue weighted by molar-refractivity contribution is 0.0702. The number of piperidine rings is 1. The summed E-state index contributed by atoms with van der Waals surface area (Å²) in [5.41, 5.74) is 3.39. The Balaban J connectivity index is 1.25. The molecule has 2 fully saturated rings. The maximum atomic E-state index is 14.8. The Morgan fingerprint density at radius 2 is 2.05 bits per heavy atom. The number of H-pyrrole nitrogens is 1. The number of carbonyl (C=O) groups is 1. The van der Waals surface area contributed by atoms with Crippen LogP contribution in [-0.2, 0) is 10.0 Å². The number of halogens is 3. The summed E-state index contributed by atoms with van der Waals surface area (Å²) < 4.78 is 41.7. The van der Waals surface area contributed by atoms with Gasteiger partial charge in [-0.05, 0) is 62.0 Å². The molecule has 1 saturated carbocycles. The lowest BCUT2D eigenvalue weighted by Gasteiger charge is -2.39. The minimum Gasteiger partial charge on any atom is -0.352 e. The second-order valence-electron chi connectivity index (χ2n) is 11.9. The monoisotopic (exact) mass is 644 g/mol. The van der Waals surface area contributed by atoms with Crippen molar-refractivity contribution in [1.82, 2.24) is 19.6 Å². The number of likely N-dealkylation sites (tertiary alicyclic amines) is 1. The molecule has 3 heterocycles. The first kappa shape index (κ1) is 29.9. The quantitative estimate of drug-likeness (QED) is 0.437. The van der Waals surface area contributed by atoms with E-state index in [2.05, 4.69) is 15.8 Å². The summed E-state index contributed by atoms with van der Waals surface area (Å²) in [6.07, 6.45) is 9.42. The molecule has 6 rings (SSSR count). The molecule has 43 heavy (non-hydrogen) atoms. The molecular formula is C30H31Cl2FN6O3S. The molecule has 2 aliphatic carbocycles. The molecule has 3 unspecified atom stereocenters. The van der Waals surface area contributed by atoms with Crippen LogP contribution in [0.3, 0.4) is 0 Å². The second-order valence-corrected chi connectivity index (χ2v) is 14.5. The van der Waals surface area contributed by atoms with Crippen LogP contribution in [0, 0.1) is 23.1 Å². The number of amides is 1. The van der Waals surface area contributed by atoms with Crippen LogP contribution in [0.15, 0.2) is 52.8 Å². The average Bonchev–Trinajstić information content (AvgIpc) is 3.39. The zero-order valence-electron chi connectivity index (χ0n) is 23.9. The van der Waals surface area contributed by atoms with Gasteiger partial charge in [0.2, 0.25) is 10.0 Å². The van der Waals surface area contributed by atoms with Crippen molar-refractivity contribution in [3.63, 3.8) is 0 Å². The van der Waals surface area contributed by atoms with Gasteiger partial charge in [0.1, 0.15) is 17.6 Å². The normalized spacial score (nSPS) is 26.3. The first-order valence-corrected chi connectivity index (χ1v) is 16.8. The first-order chi connectivity index (χ1) is 20.3. The maximum absolute atomic E-state index is 14.8. The molecule has 13 heteroatoms. The Morgan fingerprint density at radius 3 is 2.70 bits per heavy atom. The number of hydrazone groups is 1. The summed E-state index contributed by atoms with van der Waals surface area (Å²) in [7, 11) is -1.50. The Kier molecular flexibility index (Phi) is 7.48. The third kappa shape index (κ3) is 5.50. The van der Waals surface area contributed by atoms with Gasteiger partial charge < -0.3 is 9.88 Å². The van der Waals surface area contributed by atoms with Gasteiger partial charge in [0.25, 0.3) is 5.91 Å². The number of allylic oxidation sites excluding steroid dienone is 1. The number of fused-ring (bicyclic) bond motifs is 1. The topological polar surface area (TPSA) is 122 Å². The van der Waals surface area contributed by atoms with Gasteiger partial charge in [-0.15, -0.1) is 11.6 Å². The summed E-state index contributed by atoms with van der Waals surface area (Å²) in [4.78, 5) is 18.3. The highest BCUT2D eigenvalue weighted by atomic mass is 35.5. The lowest BCUT2D eigenvalue weighted by Crippen LogP contribution is -2.52. The number of hydrogen-bond acceptors (Lipinski definition) is 6. The Morgan fingerprint density at radius 1 is 1.30 bits per heavy atom. The van der Waals surface area contributed by atoms with Crippen molar-refractivity contribution < 1.29 is 17.6 Å². The van der Waals surface area contributed by atoms with E-state index in [0.29, 0.717) is 49.0 Å². The van der Waals surface area contributed by atoms with Gasteiger partial charge in [0.15, 0.2) is 0 Å². The summed E-state index contributed by atoms with van der Waals surface area (Å²) in [6, 6.07) is 5.50. The van der Waals surface area contributed by atoms with E-state index in [1.807, 2.05) is 31.1 Å². The third-order valence-electron chi connectivity index (χ3n) is 8.85. The number of hydrogen-bond donors (Lipinski definition) is 2.